The van der Waals surface area contributed by atoms with Gasteiger partial charge in [0.05, 0.1) is 24.7 Å². The predicted molar refractivity (Wildman–Crippen MR) is 107 cm³/mol. The maximum atomic E-state index is 11.6. The standard InChI is InChI=1S/C21H25N3O4/c1-26-15-21(25)22-11-10-20-23-18-8-3-4-9-19(18)24(20)12-13-28-17-7-5-6-16(14-17)27-2/h3-9,14H,10-13,15H2,1-2H3,(H,22,25). The normalized spacial score (nSPS) is 10.8. The number of amides is 1. The highest BCUT2D eigenvalue weighted by atomic mass is 16.5. The Bertz CT molecular complexity index is 923. The minimum Gasteiger partial charge on any atom is -0.497 e. The van der Waals surface area contributed by atoms with E-state index in [1.165, 1.54) is 7.11 Å². The number of methoxy groups -OCH3 is 2. The molecule has 1 amide bonds. The molecule has 28 heavy (non-hydrogen) atoms. The monoisotopic (exact) mass is 383 g/mol. The molecule has 3 rings (SSSR count). The van der Waals surface area contributed by atoms with Gasteiger partial charge < -0.3 is 24.1 Å². The van der Waals surface area contributed by atoms with Gasteiger partial charge in [0.25, 0.3) is 0 Å². The fourth-order valence-corrected chi connectivity index (χ4v) is 3.01. The molecule has 0 saturated carbocycles. The summed E-state index contributed by atoms with van der Waals surface area (Å²) in [6, 6.07) is 15.5. The Labute approximate surface area is 164 Å². The molecule has 0 saturated heterocycles. The molecule has 2 aromatic carbocycles. The van der Waals surface area contributed by atoms with Crippen LogP contribution in [0.4, 0.5) is 0 Å². The number of carbonyl (C=O) groups is 1. The largest absolute Gasteiger partial charge is 0.497 e. The van der Waals surface area contributed by atoms with E-state index in [4.69, 9.17) is 19.2 Å². The van der Waals surface area contributed by atoms with Gasteiger partial charge in [0, 0.05) is 26.1 Å². The van der Waals surface area contributed by atoms with Crippen molar-refractivity contribution < 1.29 is 19.0 Å². The number of imidazole rings is 1. The van der Waals surface area contributed by atoms with E-state index >= 15 is 0 Å². The number of aromatic nitrogens is 2. The fourth-order valence-electron chi connectivity index (χ4n) is 3.01. The first-order chi connectivity index (χ1) is 13.7. The molecule has 0 aliphatic rings. The van der Waals surface area contributed by atoms with Gasteiger partial charge in [-0.1, -0.05) is 18.2 Å². The van der Waals surface area contributed by atoms with Crippen molar-refractivity contribution in [1.82, 2.24) is 14.9 Å². The van der Waals surface area contributed by atoms with Crippen molar-refractivity contribution in [3.8, 4) is 11.5 Å². The van der Waals surface area contributed by atoms with Crippen LogP contribution in [-0.4, -0.2) is 49.4 Å². The van der Waals surface area contributed by atoms with E-state index < -0.39 is 0 Å². The summed E-state index contributed by atoms with van der Waals surface area (Å²) in [4.78, 5) is 16.3. The second kappa shape index (κ2) is 9.75. The Balaban J connectivity index is 1.67. The van der Waals surface area contributed by atoms with E-state index in [0.29, 0.717) is 26.1 Å². The van der Waals surface area contributed by atoms with E-state index in [9.17, 15) is 4.79 Å². The number of nitrogens with zero attached hydrogens (tertiary/aromatic N) is 2. The van der Waals surface area contributed by atoms with E-state index in [0.717, 1.165) is 28.4 Å². The number of rotatable bonds is 10. The molecule has 0 aliphatic heterocycles. The number of hydrogen-bond donors (Lipinski definition) is 1. The summed E-state index contributed by atoms with van der Waals surface area (Å²) in [7, 11) is 3.13. The highest BCUT2D eigenvalue weighted by molar-refractivity contribution is 5.77. The number of fused-ring (bicyclic) bond motifs is 1. The average molecular weight is 383 g/mol. The number of hydrogen-bond acceptors (Lipinski definition) is 5. The molecule has 0 fully saturated rings. The van der Waals surface area contributed by atoms with Crippen molar-refractivity contribution >= 4 is 16.9 Å². The Hall–Kier alpha value is -3.06. The van der Waals surface area contributed by atoms with Gasteiger partial charge >= 0.3 is 0 Å². The van der Waals surface area contributed by atoms with E-state index in [-0.39, 0.29) is 12.5 Å². The maximum absolute atomic E-state index is 11.6. The molecule has 0 atom stereocenters. The lowest BCUT2D eigenvalue weighted by Gasteiger charge is -2.12. The van der Waals surface area contributed by atoms with Crippen molar-refractivity contribution in [1.29, 1.82) is 0 Å². The van der Waals surface area contributed by atoms with Crippen LogP contribution in [0.25, 0.3) is 11.0 Å². The summed E-state index contributed by atoms with van der Waals surface area (Å²) >= 11 is 0. The van der Waals surface area contributed by atoms with Crippen LogP contribution in [0.3, 0.4) is 0 Å². The summed E-state index contributed by atoms with van der Waals surface area (Å²) in [5.74, 6) is 2.30. The van der Waals surface area contributed by atoms with Gasteiger partial charge in [-0.25, -0.2) is 4.98 Å². The molecule has 0 spiro atoms. The number of nitrogens with one attached hydrogen (secondary N) is 1. The fraction of sp³-hybridized carbons (Fsp3) is 0.333. The van der Waals surface area contributed by atoms with Crippen molar-refractivity contribution in [2.75, 3.05) is 34.0 Å². The number of carbonyl (C=O) groups excluding carboxylic acids is 1. The van der Waals surface area contributed by atoms with Gasteiger partial charge in [0.15, 0.2) is 0 Å². The SMILES string of the molecule is COCC(=O)NCCc1nc2ccccc2n1CCOc1cccc(OC)c1. The van der Waals surface area contributed by atoms with Crippen molar-refractivity contribution in [3.63, 3.8) is 0 Å². The average Bonchev–Trinajstić information content (AvgIpc) is 3.06. The molecular formula is C21H25N3O4. The first-order valence-electron chi connectivity index (χ1n) is 9.18. The molecule has 1 N–H and O–H groups in total. The van der Waals surface area contributed by atoms with Gasteiger partial charge in [-0.3, -0.25) is 4.79 Å². The number of ether oxygens (including phenoxy) is 3. The second-order valence-electron chi connectivity index (χ2n) is 6.23. The molecule has 0 unspecified atom stereocenters. The van der Waals surface area contributed by atoms with Crippen molar-refractivity contribution in [2.24, 2.45) is 0 Å². The number of benzene rings is 2. The van der Waals surface area contributed by atoms with Crippen LogP contribution in [0.15, 0.2) is 48.5 Å². The van der Waals surface area contributed by atoms with E-state index in [1.54, 1.807) is 7.11 Å². The first-order valence-corrected chi connectivity index (χ1v) is 9.18. The molecule has 7 nitrogen and oxygen atoms in total. The highest BCUT2D eigenvalue weighted by Crippen LogP contribution is 2.20. The number of para-hydroxylation sites is 2. The maximum Gasteiger partial charge on any atom is 0.245 e. The second-order valence-corrected chi connectivity index (χ2v) is 6.23. The third-order valence-corrected chi connectivity index (χ3v) is 4.30. The predicted octanol–water partition coefficient (Wildman–Crippen LogP) is 2.43. The quantitative estimate of drug-likeness (QED) is 0.582. The first kappa shape index (κ1) is 19.7. The molecule has 148 valence electrons. The third kappa shape index (κ3) is 5.01. The summed E-state index contributed by atoms with van der Waals surface area (Å²) in [6.45, 7) is 1.71. The minimum atomic E-state index is -0.133. The van der Waals surface area contributed by atoms with Crippen molar-refractivity contribution in [3.05, 3.63) is 54.4 Å². The van der Waals surface area contributed by atoms with Crippen LogP contribution in [0.5, 0.6) is 11.5 Å². The third-order valence-electron chi connectivity index (χ3n) is 4.30. The van der Waals surface area contributed by atoms with E-state index in [2.05, 4.69) is 9.88 Å². The van der Waals surface area contributed by atoms with Crippen LogP contribution >= 0.6 is 0 Å². The summed E-state index contributed by atoms with van der Waals surface area (Å²) in [6.07, 6.45) is 0.628. The Morgan fingerprint density at radius 3 is 2.75 bits per heavy atom. The van der Waals surface area contributed by atoms with Crippen LogP contribution in [0.1, 0.15) is 5.82 Å². The zero-order chi connectivity index (χ0) is 19.8. The Morgan fingerprint density at radius 1 is 1.11 bits per heavy atom. The molecule has 1 aromatic heterocycles. The lowest BCUT2D eigenvalue weighted by Crippen LogP contribution is -2.29. The summed E-state index contributed by atoms with van der Waals surface area (Å²) in [5, 5.41) is 2.84. The molecule has 7 heteroatoms. The Morgan fingerprint density at radius 2 is 1.93 bits per heavy atom. The van der Waals surface area contributed by atoms with Gasteiger partial charge in [0.1, 0.15) is 30.5 Å². The highest BCUT2D eigenvalue weighted by Gasteiger charge is 2.11. The van der Waals surface area contributed by atoms with E-state index in [1.807, 2.05) is 48.5 Å². The molecule has 0 bridgehead atoms. The molecule has 0 radical (unpaired) electrons. The zero-order valence-corrected chi connectivity index (χ0v) is 16.2. The minimum absolute atomic E-state index is 0.0603. The zero-order valence-electron chi connectivity index (χ0n) is 16.2. The van der Waals surface area contributed by atoms with Gasteiger partial charge in [-0.2, -0.15) is 0 Å². The van der Waals surface area contributed by atoms with Crippen LogP contribution in [0, 0.1) is 0 Å². The summed E-state index contributed by atoms with van der Waals surface area (Å²) < 4.78 is 18.1. The van der Waals surface area contributed by atoms with Gasteiger partial charge in [0.2, 0.25) is 5.91 Å². The lowest BCUT2D eigenvalue weighted by molar-refractivity contribution is -0.124. The molecular weight excluding hydrogens is 358 g/mol. The Kier molecular flexibility index (Phi) is 6.86. The van der Waals surface area contributed by atoms with Crippen LogP contribution in [-0.2, 0) is 22.5 Å². The summed E-state index contributed by atoms with van der Waals surface area (Å²) in [5.41, 5.74) is 1.98. The topological polar surface area (TPSA) is 74.6 Å². The van der Waals surface area contributed by atoms with Crippen LogP contribution in [0.2, 0.25) is 0 Å². The molecule has 1 heterocycles. The lowest BCUT2D eigenvalue weighted by atomic mass is 10.3. The van der Waals surface area contributed by atoms with Crippen molar-refractivity contribution in [2.45, 2.75) is 13.0 Å². The van der Waals surface area contributed by atoms with Gasteiger partial charge in [-0.05, 0) is 24.3 Å². The molecule has 3 aromatic rings. The van der Waals surface area contributed by atoms with Crippen LogP contribution < -0.4 is 14.8 Å². The van der Waals surface area contributed by atoms with Gasteiger partial charge in [-0.15, -0.1) is 0 Å². The smallest absolute Gasteiger partial charge is 0.245 e. The molecule has 0 aliphatic carbocycles.